The van der Waals surface area contributed by atoms with Gasteiger partial charge in [-0.3, -0.25) is 4.79 Å². The molecule has 1 N–H and O–H groups in total. The van der Waals surface area contributed by atoms with Crippen molar-refractivity contribution in [2.45, 2.75) is 6.61 Å². The van der Waals surface area contributed by atoms with Crippen molar-refractivity contribution < 1.29 is 13.9 Å². The van der Waals surface area contributed by atoms with Crippen LogP contribution >= 0.6 is 80.0 Å². The first kappa shape index (κ1) is 24.6. The fourth-order valence-corrected chi connectivity index (χ4v) is 5.70. The van der Waals surface area contributed by atoms with Crippen LogP contribution in [0.3, 0.4) is 0 Å². The minimum absolute atomic E-state index is 0.151. The van der Waals surface area contributed by atoms with E-state index >= 15 is 0 Å². The molecule has 0 fully saturated rings. The number of nitrogens with zero attached hydrogens (tertiary/aromatic N) is 1. The van der Waals surface area contributed by atoms with Crippen LogP contribution in [0.4, 0.5) is 0 Å². The normalized spacial score (nSPS) is 11.3. The van der Waals surface area contributed by atoms with E-state index in [1.165, 1.54) is 0 Å². The minimum Gasteiger partial charge on any atom is -0.487 e. The van der Waals surface area contributed by atoms with E-state index in [1.807, 2.05) is 18.2 Å². The van der Waals surface area contributed by atoms with Gasteiger partial charge in [0, 0.05) is 26.0 Å². The minimum atomic E-state index is -0.456. The van der Waals surface area contributed by atoms with Gasteiger partial charge < -0.3 is 9.15 Å². The Morgan fingerprint density at radius 2 is 1.70 bits per heavy atom. The summed E-state index contributed by atoms with van der Waals surface area (Å²) >= 11 is 22.5. The standard InChI is InChI=1S/C23H13Cl3I2N2O3/c24-15-3-4-20-14(7-15)8-21(33-20)23(31)30-29-10-12-5-18(27)22(19(28)6-12)32-11-13-1-2-16(25)9-17(13)26/h1-10H,11H2,(H,30,31)/b29-10+. The Hall–Kier alpha value is -1.53. The van der Waals surface area contributed by atoms with Gasteiger partial charge in [-0.1, -0.05) is 40.9 Å². The molecule has 0 aliphatic heterocycles. The molecule has 5 nitrogen and oxygen atoms in total. The van der Waals surface area contributed by atoms with Gasteiger partial charge in [0.1, 0.15) is 17.9 Å². The van der Waals surface area contributed by atoms with Crippen LogP contribution in [0.2, 0.25) is 15.1 Å². The number of benzene rings is 3. The number of carbonyl (C=O) groups excluding carboxylic acids is 1. The molecule has 0 aliphatic rings. The maximum absolute atomic E-state index is 12.4. The van der Waals surface area contributed by atoms with E-state index in [0.717, 1.165) is 29.4 Å². The smallest absolute Gasteiger partial charge is 0.307 e. The molecule has 0 saturated carbocycles. The van der Waals surface area contributed by atoms with Crippen molar-refractivity contribution >= 4 is 103 Å². The van der Waals surface area contributed by atoms with Gasteiger partial charge in [0.05, 0.1) is 13.4 Å². The van der Waals surface area contributed by atoms with Crippen LogP contribution in [0.25, 0.3) is 11.0 Å². The Balaban J connectivity index is 1.42. The third-order valence-electron chi connectivity index (χ3n) is 4.49. The van der Waals surface area contributed by atoms with Gasteiger partial charge in [-0.15, -0.1) is 0 Å². The van der Waals surface area contributed by atoms with Crippen molar-refractivity contribution in [3.05, 3.63) is 93.7 Å². The zero-order valence-corrected chi connectivity index (χ0v) is 23.1. The highest BCUT2D eigenvalue weighted by Crippen LogP contribution is 2.30. The molecule has 1 heterocycles. The second-order valence-electron chi connectivity index (χ2n) is 6.83. The summed E-state index contributed by atoms with van der Waals surface area (Å²) in [5.74, 6) is 0.435. The van der Waals surface area contributed by atoms with Gasteiger partial charge >= 0.3 is 5.91 Å². The van der Waals surface area contributed by atoms with Gasteiger partial charge in [-0.05, 0) is 99.3 Å². The molecule has 0 radical (unpaired) electrons. The van der Waals surface area contributed by atoms with Crippen LogP contribution < -0.4 is 10.2 Å². The summed E-state index contributed by atoms with van der Waals surface area (Å²) < 4.78 is 13.3. The molecule has 0 unspecified atom stereocenters. The largest absolute Gasteiger partial charge is 0.487 e. The fraction of sp³-hybridized carbons (Fsp3) is 0.0435. The number of ether oxygens (including phenoxy) is 1. The predicted molar refractivity (Wildman–Crippen MR) is 149 cm³/mol. The lowest BCUT2D eigenvalue weighted by atomic mass is 10.2. The van der Waals surface area contributed by atoms with E-state index in [-0.39, 0.29) is 5.76 Å². The maximum atomic E-state index is 12.4. The monoisotopic (exact) mass is 724 g/mol. The van der Waals surface area contributed by atoms with Gasteiger partial charge in [0.2, 0.25) is 0 Å². The molecule has 0 atom stereocenters. The van der Waals surface area contributed by atoms with Crippen molar-refractivity contribution in [1.29, 1.82) is 0 Å². The van der Waals surface area contributed by atoms with E-state index in [9.17, 15) is 4.79 Å². The average Bonchev–Trinajstić information content (AvgIpc) is 3.18. The molecule has 0 bridgehead atoms. The highest BCUT2D eigenvalue weighted by atomic mass is 127. The Morgan fingerprint density at radius 1 is 1.00 bits per heavy atom. The summed E-state index contributed by atoms with van der Waals surface area (Å²) in [5.41, 5.74) is 4.70. The summed E-state index contributed by atoms with van der Waals surface area (Å²) in [5, 5.41) is 6.49. The maximum Gasteiger partial charge on any atom is 0.307 e. The SMILES string of the molecule is O=C(N/N=C/c1cc(I)c(OCc2ccc(Cl)cc2Cl)c(I)c1)c1cc2cc(Cl)ccc2o1. The molecule has 10 heteroatoms. The number of amides is 1. The van der Waals surface area contributed by atoms with Gasteiger partial charge in [0.15, 0.2) is 5.76 Å². The van der Waals surface area contributed by atoms with Crippen LogP contribution in [0.1, 0.15) is 21.7 Å². The second-order valence-corrected chi connectivity index (χ2v) is 10.4. The third-order valence-corrected chi connectivity index (χ3v) is 6.91. The fourth-order valence-electron chi connectivity index (χ4n) is 2.93. The zero-order valence-electron chi connectivity index (χ0n) is 16.5. The first-order chi connectivity index (χ1) is 15.8. The number of carbonyl (C=O) groups is 1. The van der Waals surface area contributed by atoms with E-state index < -0.39 is 5.91 Å². The average molecular weight is 726 g/mol. The van der Waals surface area contributed by atoms with E-state index in [1.54, 1.807) is 42.6 Å². The van der Waals surface area contributed by atoms with Gasteiger partial charge in [-0.25, -0.2) is 5.43 Å². The quantitative estimate of drug-likeness (QED) is 0.125. The number of hydrazone groups is 1. The van der Waals surface area contributed by atoms with E-state index in [2.05, 4.69) is 55.7 Å². The van der Waals surface area contributed by atoms with E-state index in [4.69, 9.17) is 44.0 Å². The molecule has 1 amide bonds. The van der Waals surface area contributed by atoms with Crippen molar-refractivity contribution in [2.75, 3.05) is 0 Å². The molecule has 168 valence electrons. The number of hydrogen-bond donors (Lipinski definition) is 1. The lowest BCUT2D eigenvalue weighted by molar-refractivity contribution is 0.0929. The summed E-state index contributed by atoms with van der Waals surface area (Å²) in [6, 6.07) is 15.9. The van der Waals surface area contributed by atoms with Crippen LogP contribution in [0.15, 0.2) is 64.1 Å². The molecule has 0 aliphatic carbocycles. The number of halogens is 5. The number of nitrogens with one attached hydrogen (secondary N) is 1. The number of rotatable bonds is 6. The van der Waals surface area contributed by atoms with Gasteiger partial charge in [0.25, 0.3) is 0 Å². The summed E-state index contributed by atoms with van der Waals surface area (Å²) in [6.45, 7) is 0.314. The Kier molecular flexibility index (Phi) is 8.06. The molecule has 4 rings (SSSR count). The first-order valence-electron chi connectivity index (χ1n) is 9.38. The molecular formula is C23H13Cl3I2N2O3. The zero-order chi connectivity index (χ0) is 23.5. The number of furan rings is 1. The first-order valence-corrected chi connectivity index (χ1v) is 12.7. The third kappa shape index (κ3) is 6.13. The number of fused-ring (bicyclic) bond motifs is 1. The van der Waals surface area contributed by atoms with Crippen molar-refractivity contribution in [3.63, 3.8) is 0 Å². The van der Waals surface area contributed by atoms with Gasteiger partial charge in [-0.2, -0.15) is 5.10 Å². The molecular weight excluding hydrogens is 712 g/mol. The second kappa shape index (κ2) is 10.8. The Morgan fingerprint density at radius 3 is 2.42 bits per heavy atom. The topological polar surface area (TPSA) is 63.8 Å². The van der Waals surface area contributed by atoms with Crippen LogP contribution in [0.5, 0.6) is 5.75 Å². The Labute approximate surface area is 231 Å². The lowest BCUT2D eigenvalue weighted by Gasteiger charge is -2.12. The molecule has 0 saturated heterocycles. The molecule has 33 heavy (non-hydrogen) atoms. The number of hydrogen-bond acceptors (Lipinski definition) is 4. The Bertz CT molecular complexity index is 1370. The molecule has 4 aromatic rings. The highest BCUT2D eigenvalue weighted by Gasteiger charge is 2.13. The van der Waals surface area contributed by atoms with Crippen LogP contribution in [-0.2, 0) is 6.61 Å². The summed E-state index contributed by atoms with van der Waals surface area (Å²) in [6.07, 6.45) is 1.56. The lowest BCUT2D eigenvalue weighted by Crippen LogP contribution is -2.16. The van der Waals surface area contributed by atoms with E-state index in [0.29, 0.717) is 27.3 Å². The predicted octanol–water partition coefficient (Wildman–Crippen LogP) is 7.95. The molecule has 0 spiro atoms. The summed E-state index contributed by atoms with van der Waals surface area (Å²) in [4.78, 5) is 12.4. The van der Waals surface area contributed by atoms with Crippen molar-refractivity contribution in [3.8, 4) is 5.75 Å². The molecule has 3 aromatic carbocycles. The van der Waals surface area contributed by atoms with Crippen molar-refractivity contribution in [1.82, 2.24) is 5.43 Å². The van der Waals surface area contributed by atoms with Crippen LogP contribution in [-0.4, -0.2) is 12.1 Å². The summed E-state index contributed by atoms with van der Waals surface area (Å²) in [7, 11) is 0. The molecule has 1 aromatic heterocycles. The van der Waals surface area contributed by atoms with Crippen LogP contribution in [0, 0.1) is 7.14 Å². The van der Waals surface area contributed by atoms with Crippen molar-refractivity contribution in [2.24, 2.45) is 5.10 Å². The highest BCUT2D eigenvalue weighted by molar-refractivity contribution is 14.1.